The molecule has 118 valence electrons. The van der Waals surface area contributed by atoms with Gasteiger partial charge in [0.1, 0.15) is 5.84 Å². The van der Waals surface area contributed by atoms with Gasteiger partial charge < -0.3 is 10.2 Å². The highest BCUT2D eigenvalue weighted by molar-refractivity contribution is 5.85. The highest BCUT2D eigenvalue weighted by atomic mass is 15.1. The molecule has 0 fully saturated rings. The first-order valence-electron chi connectivity index (χ1n) is 7.96. The molecule has 3 nitrogen and oxygen atoms in total. The first kappa shape index (κ1) is 17.7. The largest absolute Gasteiger partial charge is 0.373 e. The highest BCUT2D eigenvalue weighted by Gasteiger charge is 2.11. The Bertz CT molecular complexity index is 421. The highest BCUT2D eigenvalue weighted by Crippen LogP contribution is 2.17. The molecule has 0 amide bonds. The molecule has 0 heterocycles. The van der Waals surface area contributed by atoms with Crippen LogP contribution in [-0.2, 0) is 6.42 Å². The molecule has 2 N–H and O–H groups in total. The van der Waals surface area contributed by atoms with Crippen molar-refractivity contribution in [3.8, 4) is 0 Å². The number of rotatable bonds is 8. The molecule has 0 aliphatic carbocycles. The van der Waals surface area contributed by atoms with Crippen LogP contribution in [0, 0.1) is 11.3 Å². The van der Waals surface area contributed by atoms with Gasteiger partial charge in [-0.1, -0.05) is 45.0 Å². The van der Waals surface area contributed by atoms with Crippen LogP contribution < -0.4 is 5.32 Å². The Morgan fingerprint density at radius 2 is 1.76 bits per heavy atom. The van der Waals surface area contributed by atoms with E-state index >= 15 is 0 Å². The number of benzene rings is 1. The lowest BCUT2D eigenvalue weighted by molar-refractivity contribution is 0.399. The molecular weight excluding hydrogens is 258 g/mol. The van der Waals surface area contributed by atoms with E-state index in [4.69, 9.17) is 5.41 Å². The van der Waals surface area contributed by atoms with Gasteiger partial charge in [0.05, 0.1) is 0 Å². The Morgan fingerprint density at radius 3 is 2.29 bits per heavy atom. The summed E-state index contributed by atoms with van der Waals surface area (Å²) in [6, 6.07) is 8.73. The molecule has 1 rings (SSSR count). The van der Waals surface area contributed by atoms with E-state index < -0.39 is 0 Å². The smallest absolute Gasteiger partial charge is 0.101 e. The molecule has 1 aromatic rings. The molecular formula is C18H31N3. The van der Waals surface area contributed by atoms with Gasteiger partial charge in [-0.25, -0.2) is 0 Å². The van der Waals surface area contributed by atoms with Gasteiger partial charge in [-0.3, -0.25) is 5.41 Å². The quantitative estimate of drug-likeness (QED) is 0.437. The van der Waals surface area contributed by atoms with Gasteiger partial charge in [-0.2, -0.15) is 0 Å². The molecule has 21 heavy (non-hydrogen) atoms. The van der Waals surface area contributed by atoms with E-state index in [2.05, 4.69) is 69.3 Å². The monoisotopic (exact) mass is 289 g/mol. The van der Waals surface area contributed by atoms with Gasteiger partial charge in [-0.15, -0.1) is 0 Å². The molecule has 0 aromatic heterocycles. The van der Waals surface area contributed by atoms with Gasteiger partial charge in [0.2, 0.25) is 0 Å². The van der Waals surface area contributed by atoms with Gasteiger partial charge in [0.15, 0.2) is 0 Å². The molecule has 1 unspecified atom stereocenters. The van der Waals surface area contributed by atoms with Crippen molar-refractivity contribution in [2.24, 2.45) is 5.92 Å². The zero-order valence-corrected chi connectivity index (χ0v) is 14.2. The van der Waals surface area contributed by atoms with E-state index in [1.807, 2.05) is 0 Å². The fourth-order valence-electron chi connectivity index (χ4n) is 2.35. The summed E-state index contributed by atoms with van der Waals surface area (Å²) in [5.74, 6) is 1.44. The predicted molar refractivity (Wildman–Crippen MR) is 92.3 cm³/mol. The van der Waals surface area contributed by atoms with Crippen LogP contribution in [0.1, 0.15) is 44.2 Å². The van der Waals surface area contributed by atoms with E-state index in [0.717, 1.165) is 25.9 Å². The topological polar surface area (TPSA) is 39.1 Å². The Hall–Kier alpha value is -1.35. The molecule has 0 radical (unpaired) electrons. The normalized spacial score (nSPS) is 12.7. The van der Waals surface area contributed by atoms with Gasteiger partial charge in [0.25, 0.3) is 0 Å². The van der Waals surface area contributed by atoms with Crippen molar-refractivity contribution in [1.29, 1.82) is 5.41 Å². The fourth-order valence-corrected chi connectivity index (χ4v) is 2.35. The molecule has 0 bridgehead atoms. The van der Waals surface area contributed by atoms with Gasteiger partial charge >= 0.3 is 0 Å². The van der Waals surface area contributed by atoms with Crippen molar-refractivity contribution in [2.75, 3.05) is 27.2 Å². The van der Waals surface area contributed by atoms with Crippen LogP contribution in [0.2, 0.25) is 0 Å². The number of nitrogens with one attached hydrogen (secondary N) is 2. The van der Waals surface area contributed by atoms with Crippen LogP contribution >= 0.6 is 0 Å². The molecule has 0 saturated heterocycles. The third-order valence-corrected chi connectivity index (χ3v) is 3.65. The molecule has 3 heteroatoms. The second-order valence-corrected chi connectivity index (χ2v) is 6.56. The van der Waals surface area contributed by atoms with Crippen molar-refractivity contribution >= 4 is 5.84 Å². The summed E-state index contributed by atoms with van der Waals surface area (Å²) in [4.78, 5) is 2.17. The molecule has 1 aromatic carbocycles. The number of hydrogen-bond donors (Lipinski definition) is 2. The van der Waals surface area contributed by atoms with Gasteiger partial charge in [0, 0.05) is 12.5 Å². The molecule has 0 aliphatic rings. The van der Waals surface area contributed by atoms with Crippen molar-refractivity contribution in [2.45, 2.75) is 39.5 Å². The van der Waals surface area contributed by atoms with E-state index in [9.17, 15) is 0 Å². The zero-order valence-electron chi connectivity index (χ0n) is 14.2. The van der Waals surface area contributed by atoms with Crippen LogP contribution in [0.25, 0.3) is 0 Å². The van der Waals surface area contributed by atoms with Crippen LogP contribution in [0.4, 0.5) is 0 Å². The zero-order chi connectivity index (χ0) is 15.8. The average molecular weight is 289 g/mol. The summed E-state index contributed by atoms with van der Waals surface area (Å²) in [7, 11) is 4.15. The van der Waals surface area contributed by atoms with Crippen molar-refractivity contribution < 1.29 is 0 Å². The summed E-state index contributed by atoms with van der Waals surface area (Å²) in [5, 5.41) is 11.4. The maximum absolute atomic E-state index is 8.16. The molecule has 0 saturated carbocycles. The molecule has 1 atom stereocenters. The maximum atomic E-state index is 8.16. The van der Waals surface area contributed by atoms with Crippen LogP contribution in [-0.4, -0.2) is 37.9 Å². The van der Waals surface area contributed by atoms with E-state index in [1.165, 1.54) is 11.1 Å². The lowest BCUT2D eigenvalue weighted by Crippen LogP contribution is -2.30. The molecule has 0 spiro atoms. The summed E-state index contributed by atoms with van der Waals surface area (Å²) >= 11 is 0. The van der Waals surface area contributed by atoms with Crippen molar-refractivity contribution in [1.82, 2.24) is 10.2 Å². The standard InChI is InChI=1S/C18H31N3/c1-14(2)13-16-7-9-17(10-8-16)15(3)18(19)20-11-6-12-21(4)5/h7-10,14-15H,6,11-13H2,1-5H3,(H2,19,20). The third kappa shape index (κ3) is 6.76. The SMILES string of the molecule is CC(C)Cc1ccc(C(C)C(=N)NCCCN(C)C)cc1. The first-order chi connectivity index (χ1) is 9.90. The minimum absolute atomic E-state index is 0.137. The van der Waals surface area contributed by atoms with E-state index in [0.29, 0.717) is 11.8 Å². The van der Waals surface area contributed by atoms with Crippen molar-refractivity contribution in [3.05, 3.63) is 35.4 Å². The Labute approximate surface area is 130 Å². The van der Waals surface area contributed by atoms with Crippen LogP contribution in [0.3, 0.4) is 0 Å². The number of hydrogen-bond acceptors (Lipinski definition) is 2. The lowest BCUT2D eigenvalue weighted by atomic mass is 9.96. The minimum Gasteiger partial charge on any atom is -0.373 e. The molecule has 0 aliphatic heterocycles. The fraction of sp³-hybridized carbons (Fsp3) is 0.611. The second-order valence-electron chi connectivity index (χ2n) is 6.56. The van der Waals surface area contributed by atoms with Crippen LogP contribution in [0.15, 0.2) is 24.3 Å². The second kappa shape index (κ2) is 8.83. The number of amidine groups is 1. The summed E-state index contributed by atoms with van der Waals surface area (Å²) in [6.07, 6.45) is 2.18. The van der Waals surface area contributed by atoms with E-state index in [-0.39, 0.29) is 5.92 Å². The maximum Gasteiger partial charge on any atom is 0.101 e. The first-order valence-corrected chi connectivity index (χ1v) is 7.96. The van der Waals surface area contributed by atoms with Crippen LogP contribution in [0.5, 0.6) is 0 Å². The van der Waals surface area contributed by atoms with E-state index in [1.54, 1.807) is 0 Å². The summed E-state index contributed by atoms with van der Waals surface area (Å²) < 4.78 is 0. The number of nitrogens with zero attached hydrogens (tertiary/aromatic N) is 1. The van der Waals surface area contributed by atoms with Gasteiger partial charge in [-0.05, 0) is 50.5 Å². The Morgan fingerprint density at radius 1 is 1.14 bits per heavy atom. The Balaban J connectivity index is 2.46. The predicted octanol–water partition coefficient (Wildman–Crippen LogP) is 3.51. The third-order valence-electron chi connectivity index (χ3n) is 3.65. The average Bonchev–Trinajstić information content (AvgIpc) is 2.42. The minimum atomic E-state index is 0.137. The lowest BCUT2D eigenvalue weighted by Gasteiger charge is -2.17. The summed E-state index contributed by atoms with van der Waals surface area (Å²) in [5.41, 5.74) is 2.60. The summed E-state index contributed by atoms with van der Waals surface area (Å²) in [6.45, 7) is 8.50. The Kier molecular flexibility index (Phi) is 7.44. The van der Waals surface area contributed by atoms with Crippen molar-refractivity contribution in [3.63, 3.8) is 0 Å².